The smallest absolute Gasteiger partial charge is 0.130 e. The van der Waals surface area contributed by atoms with Gasteiger partial charge in [0.15, 0.2) is 0 Å². The Balaban J connectivity index is 3.36. The first-order valence-electron chi connectivity index (χ1n) is 3.90. The monoisotopic (exact) mass is 184 g/mol. The minimum atomic E-state index is -1.12. The summed E-state index contributed by atoms with van der Waals surface area (Å²) >= 11 is 0. The van der Waals surface area contributed by atoms with Crippen LogP contribution in [0.1, 0.15) is 19.4 Å². The highest BCUT2D eigenvalue weighted by Crippen LogP contribution is 2.26. The Bertz CT molecular complexity index is 311. The number of hydrogen-bond donors (Lipinski definition) is 0. The fourth-order valence-electron chi connectivity index (χ4n) is 1.17. The average molecular weight is 184 g/mol. The minimum absolute atomic E-state index is 0.176. The molecule has 0 radical (unpaired) electrons. The molecule has 0 bridgehead atoms. The van der Waals surface area contributed by atoms with Crippen molar-refractivity contribution in [3.63, 3.8) is 0 Å². The molecule has 0 aliphatic carbocycles. The van der Waals surface area contributed by atoms with Crippen LogP contribution in [0, 0.1) is 11.6 Å². The number of carbonyl (C=O) groups is 1. The normalized spacial score (nSPS) is 11.4. The third-order valence-electron chi connectivity index (χ3n) is 1.90. The maximum absolute atomic E-state index is 13.1. The number of carbonyl (C=O) groups excluding carboxylic acids is 1. The molecule has 0 aromatic heterocycles. The van der Waals surface area contributed by atoms with Gasteiger partial charge >= 0.3 is 0 Å². The maximum atomic E-state index is 13.1. The van der Waals surface area contributed by atoms with E-state index in [4.69, 9.17) is 0 Å². The van der Waals surface area contributed by atoms with Gasteiger partial charge in [0.1, 0.15) is 17.9 Å². The third kappa shape index (κ3) is 1.74. The summed E-state index contributed by atoms with van der Waals surface area (Å²) in [5, 5.41) is 0. The van der Waals surface area contributed by atoms with Crippen molar-refractivity contribution in [3.05, 3.63) is 35.4 Å². The Labute approximate surface area is 75.4 Å². The van der Waals surface area contributed by atoms with Crippen LogP contribution in [0.15, 0.2) is 18.2 Å². The van der Waals surface area contributed by atoms with Crippen LogP contribution in [-0.4, -0.2) is 6.29 Å². The molecule has 1 aromatic rings. The zero-order valence-electron chi connectivity index (χ0n) is 7.47. The van der Waals surface area contributed by atoms with Gasteiger partial charge in [-0.15, -0.1) is 0 Å². The van der Waals surface area contributed by atoms with Gasteiger partial charge in [-0.3, -0.25) is 0 Å². The van der Waals surface area contributed by atoms with Gasteiger partial charge in [-0.05, 0) is 26.0 Å². The number of halogens is 2. The van der Waals surface area contributed by atoms with Crippen molar-refractivity contribution in [1.82, 2.24) is 0 Å². The Kier molecular flexibility index (Phi) is 2.45. The zero-order valence-corrected chi connectivity index (χ0v) is 7.47. The van der Waals surface area contributed by atoms with Gasteiger partial charge in [0.05, 0.1) is 5.41 Å². The van der Waals surface area contributed by atoms with Crippen LogP contribution < -0.4 is 0 Å². The molecular formula is C10H10F2O. The largest absolute Gasteiger partial charge is 0.302 e. The molecule has 0 N–H and O–H groups in total. The Morgan fingerprint density at radius 2 is 1.69 bits per heavy atom. The molecule has 1 rings (SSSR count). The fraction of sp³-hybridized carbons (Fsp3) is 0.300. The Hall–Kier alpha value is -1.25. The first-order valence-corrected chi connectivity index (χ1v) is 3.90. The molecule has 0 heterocycles. The molecule has 3 heteroatoms. The molecular weight excluding hydrogens is 174 g/mol. The molecule has 13 heavy (non-hydrogen) atoms. The fourth-order valence-corrected chi connectivity index (χ4v) is 1.17. The molecule has 0 atom stereocenters. The van der Waals surface area contributed by atoms with Crippen LogP contribution in [0.4, 0.5) is 8.78 Å². The van der Waals surface area contributed by atoms with Crippen molar-refractivity contribution in [2.24, 2.45) is 0 Å². The van der Waals surface area contributed by atoms with Crippen LogP contribution in [0.3, 0.4) is 0 Å². The van der Waals surface area contributed by atoms with Gasteiger partial charge in [0, 0.05) is 5.56 Å². The molecule has 0 amide bonds. The number of aldehydes is 1. The SMILES string of the molecule is CC(C)(C=O)c1c(F)cccc1F. The summed E-state index contributed by atoms with van der Waals surface area (Å²) in [5.41, 5.74) is -1.29. The van der Waals surface area contributed by atoms with E-state index in [2.05, 4.69) is 0 Å². The van der Waals surface area contributed by atoms with E-state index in [1.54, 1.807) is 0 Å². The lowest BCUT2D eigenvalue weighted by Gasteiger charge is -2.18. The number of benzene rings is 1. The topological polar surface area (TPSA) is 17.1 Å². The molecule has 70 valence electrons. The second-order valence-corrected chi connectivity index (χ2v) is 3.44. The molecule has 0 aliphatic rings. The van der Waals surface area contributed by atoms with Crippen LogP contribution in [-0.2, 0) is 10.2 Å². The molecule has 1 nitrogen and oxygen atoms in total. The van der Waals surface area contributed by atoms with Crippen molar-refractivity contribution < 1.29 is 13.6 Å². The van der Waals surface area contributed by atoms with Gasteiger partial charge in [0.2, 0.25) is 0 Å². The van der Waals surface area contributed by atoms with Crippen LogP contribution >= 0.6 is 0 Å². The highest BCUT2D eigenvalue weighted by Gasteiger charge is 2.26. The predicted octanol–water partition coefficient (Wildman–Crippen LogP) is 2.44. The van der Waals surface area contributed by atoms with Crippen LogP contribution in [0.2, 0.25) is 0 Å². The Morgan fingerprint density at radius 1 is 1.23 bits per heavy atom. The molecule has 0 fully saturated rings. The lowest BCUT2D eigenvalue weighted by Crippen LogP contribution is -2.22. The molecule has 0 spiro atoms. The van der Waals surface area contributed by atoms with Crippen LogP contribution in [0.25, 0.3) is 0 Å². The van der Waals surface area contributed by atoms with E-state index in [0.717, 1.165) is 12.1 Å². The summed E-state index contributed by atoms with van der Waals surface area (Å²) in [6.07, 6.45) is 0.536. The summed E-state index contributed by atoms with van der Waals surface area (Å²) in [6, 6.07) is 3.56. The Morgan fingerprint density at radius 3 is 2.08 bits per heavy atom. The van der Waals surface area contributed by atoms with Gasteiger partial charge in [0.25, 0.3) is 0 Å². The third-order valence-corrected chi connectivity index (χ3v) is 1.90. The van der Waals surface area contributed by atoms with Gasteiger partial charge < -0.3 is 4.79 Å². The first kappa shape index (κ1) is 9.84. The van der Waals surface area contributed by atoms with E-state index in [1.165, 1.54) is 19.9 Å². The van der Waals surface area contributed by atoms with E-state index in [1.807, 2.05) is 0 Å². The lowest BCUT2D eigenvalue weighted by atomic mass is 9.85. The average Bonchev–Trinajstić information content (AvgIpc) is 2.03. The summed E-state index contributed by atoms with van der Waals surface area (Å²) in [6.45, 7) is 2.95. The first-order chi connectivity index (χ1) is 5.99. The van der Waals surface area contributed by atoms with Crippen molar-refractivity contribution in [1.29, 1.82) is 0 Å². The van der Waals surface area contributed by atoms with Gasteiger partial charge in [-0.1, -0.05) is 6.07 Å². The van der Waals surface area contributed by atoms with Crippen LogP contribution in [0.5, 0.6) is 0 Å². The van der Waals surface area contributed by atoms with E-state index >= 15 is 0 Å². The number of rotatable bonds is 2. The zero-order chi connectivity index (χ0) is 10.1. The molecule has 1 aromatic carbocycles. The molecule has 0 saturated carbocycles. The summed E-state index contributed by atoms with van der Waals surface area (Å²) < 4.78 is 26.3. The van der Waals surface area contributed by atoms with Crippen molar-refractivity contribution in [2.75, 3.05) is 0 Å². The second-order valence-electron chi connectivity index (χ2n) is 3.44. The highest BCUT2D eigenvalue weighted by molar-refractivity contribution is 5.67. The maximum Gasteiger partial charge on any atom is 0.130 e. The summed E-state index contributed by atoms with van der Waals surface area (Å²) in [5.74, 6) is -1.37. The van der Waals surface area contributed by atoms with E-state index in [-0.39, 0.29) is 5.56 Å². The van der Waals surface area contributed by atoms with Gasteiger partial charge in [-0.2, -0.15) is 0 Å². The summed E-state index contributed by atoms with van der Waals surface area (Å²) in [4.78, 5) is 10.6. The number of hydrogen-bond acceptors (Lipinski definition) is 1. The van der Waals surface area contributed by atoms with Gasteiger partial charge in [-0.25, -0.2) is 8.78 Å². The highest BCUT2D eigenvalue weighted by atomic mass is 19.1. The summed E-state index contributed by atoms with van der Waals surface area (Å²) in [7, 11) is 0. The van der Waals surface area contributed by atoms with Crippen molar-refractivity contribution in [3.8, 4) is 0 Å². The van der Waals surface area contributed by atoms with E-state index < -0.39 is 17.0 Å². The predicted molar refractivity (Wildman–Crippen MR) is 45.4 cm³/mol. The van der Waals surface area contributed by atoms with E-state index in [9.17, 15) is 13.6 Å². The van der Waals surface area contributed by atoms with E-state index in [0.29, 0.717) is 6.29 Å². The lowest BCUT2D eigenvalue weighted by molar-refractivity contribution is -0.111. The standard InChI is InChI=1S/C10H10F2O/c1-10(2,6-13)9-7(11)4-3-5-8(9)12/h3-6H,1-2H3. The molecule has 0 saturated heterocycles. The van der Waals surface area contributed by atoms with Crippen molar-refractivity contribution >= 4 is 6.29 Å². The van der Waals surface area contributed by atoms with Crippen molar-refractivity contribution in [2.45, 2.75) is 19.3 Å². The second kappa shape index (κ2) is 3.24. The molecule has 0 unspecified atom stereocenters. The quantitative estimate of drug-likeness (QED) is 0.645. The molecule has 0 aliphatic heterocycles. The minimum Gasteiger partial charge on any atom is -0.302 e.